The molecule has 12 heteroatoms. The van der Waals surface area contributed by atoms with E-state index in [1.807, 2.05) is 23.6 Å². The molecular weight excluding hydrogens is 506 g/mol. The van der Waals surface area contributed by atoms with E-state index in [0.29, 0.717) is 18.0 Å². The average molecular weight is 530 g/mol. The highest BCUT2D eigenvalue weighted by molar-refractivity contribution is 7.89. The molecule has 0 unspecified atom stereocenters. The summed E-state index contributed by atoms with van der Waals surface area (Å²) in [7, 11) is -4.12. The fourth-order valence-electron chi connectivity index (χ4n) is 3.61. The molecule has 4 rings (SSSR count). The normalized spacial score (nSPS) is 12.5. The minimum atomic E-state index is -4.12. The maximum Gasteiger partial charge on any atom is 0.269 e. The number of hydrogen-bond acceptors (Lipinski definition) is 8. The molecule has 2 aromatic carbocycles. The second-order valence-electron chi connectivity index (χ2n) is 7.85. The summed E-state index contributed by atoms with van der Waals surface area (Å²) in [6, 6.07) is 13.7. The maximum absolute atomic E-state index is 13.5. The predicted octanol–water partition coefficient (Wildman–Crippen LogP) is 3.79. The van der Waals surface area contributed by atoms with Crippen molar-refractivity contribution < 1.29 is 27.6 Å². The van der Waals surface area contributed by atoms with E-state index in [1.165, 1.54) is 17.4 Å². The monoisotopic (exact) mass is 529 g/mol. The number of sulfonamides is 1. The molecule has 1 aliphatic rings. The Kier molecular flexibility index (Phi) is 7.67. The molecule has 3 aromatic rings. The number of rotatable bonds is 11. The SMILES string of the molecule is C=CCN(CC(=O)N(Cc1ccc2c(c1)OCO2)Cc1cccs1)S(=O)(=O)c1ccc([N+](=O)[O-])cc1. The minimum Gasteiger partial charge on any atom is -0.454 e. The van der Waals surface area contributed by atoms with E-state index in [0.717, 1.165) is 39.0 Å². The molecule has 0 radical (unpaired) electrons. The maximum atomic E-state index is 13.5. The van der Waals surface area contributed by atoms with Crippen molar-refractivity contribution in [2.24, 2.45) is 0 Å². The Hall–Kier alpha value is -3.74. The second kappa shape index (κ2) is 10.9. The zero-order chi connectivity index (χ0) is 25.7. The van der Waals surface area contributed by atoms with Crippen LogP contribution in [0.25, 0.3) is 0 Å². The summed E-state index contributed by atoms with van der Waals surface area (Å²) in [4.78, 5) is 26.1. The lowest BCUT2D eigenvalue weighted by molar-refractivity contribution is -0.384. The van der Waals surface area contributed by atoms with E-state index in [4.69, 9.17) is 9.47 Å². The van der Waals surface area contributed by atoms with Crippen molar-refractivity contribution in [1.82, 2.24) is 9.21 Å². The van der Waals surface area contributed by atoms with Crippen molar-refractivity contribution in [2.45, 2.75) is 18.0 Å². The molecule has 0 saturated carbocycles. The number of carbonyl (C=O) groups is 1. The Labute approximate surface area is 212 Å². The second-order valence-corrected chi connectivity index (χ2v) is 10.8. The number of nitro benzene ring substituents is 1. The van der Waals surface area contributed by atoms with Crippen LogP contribution >= 0.6 is 11.3 Å². The molecule has 0 N–H and O–H groups in total. The average Bonchev–Trinajstić information content (AvgIpc) is 3.55. The van der Waals surface area contributed by atoms with Gasteiger partial charge in [0.1, 0.15) is 0 Å². The van der Waals surface area contributed by atoms with Gasteiger partial charge in [0, 0.05) is 30.1 Å². The Balaban J connectivity index is 1.57. The Morgan fingerprint density at radius 1 is 1.11 bits per heavy atom. The lowest BCUT2D eigenvalue weighted by Gasteiger charge is -2.26. The van der Waals surface area contributed by atoms with Crippen LogP contribution in [0.15, 0.2) is 77.5 Å². The number of nitro groups is 1. The van der Waals surface area contributed by atoms with E-state index < -0.39 is 27.4 Å². The quantitative estimate of drug-likeness (QED) is 0.211. The summed E-state index contributed by atoms with van der Waals surface area (Å²) >= 11 is 1.49. The Morgan fingerprint density at radius 3 is 2.53 bits per heavy atom. The summed E-state index contributed by atoms with van der Waals surface area (Å²) in [5.74, 6) is 0.805. The third-order valence-electron chi connectivity index (χ3n) is 5.42. The number of hydrogen-bond donors (Lipinski definition) is 0. The first kappa shape index (κ1) is 25.4. The molecule has 0 bridgehead atoms. The molecule has 1 aromatic heterocycles. The van der Waals surface area contributed by atoms with E-state index in [1.54, 1.807) is 17.0 Å². The molecule has 10 nitrogen and oxygen atoms in total. The molecule has 0 atom stereocenters. The highest BCUT2D eigenvalue weighted by atomic mass is 32.2. The van der Waals surface area contributed by atoms with E-state index in [9.17, 15) is 23.3 Å². The fourth-order valence-corrected chi connectivity index (χ4v) is 5.69. The standard InChI is InChI=1S/C24H23N3O7S2/c1-2-11-26(36(31,32)21-8-6-19(7-9-21)27(29)30)16-24(28)25(15-20-4-3-12-35-20)14-18-5-10-22-23(13-18)34-17-33-22/h2-10,12-13H,1,11,14-17H2. The number of amides is 1. The van der Waals surface area contributed by atoms with Crippen molar-refractivity contribution in [2.75, 3.05) is 19.9 Å². The largest absolute Gasteiger partial charge is 0.454 e. The van der Waals surface area contributed by atoms with Gasteiger partial charge < -0.3 is 14.4 Å². The van der Waals surface area contributed by atoms with Crippen LogP contribution in [0, 0.1) is 10.1 Å². The molecule has 1 amide bonds. The van der Waals surface area contributed by atoms with Crippen molar-refractivity contribution in [3.8, 4) is 11.5 Å². The van der Waals surface area contributed by atoms with Crippen LogP contribution in [-0.4, -0.2) is 48.3 Å². The van der Waals surface area contributed by atoms with Gasteiger partial charge in [-0.3, -0.25) is 14.9 Å². The number of ether oxygens (including phenoxy) is 2. The molecule has 0 spiro atoms. The smallest absolute Gasteiger partial charge is 0.269 e. The fraction of sp³-hybridized carbons (Fsp3) is 0.208. The first-order valence-electron chi connectivity index (χ1n) is 10.8. The first-order valence-corrected chi connectivity index (χ1v) is 13.1. The lowest BCUT2D eigenvalue weighted by Crippen LogP contribution is -2.42. The van der Waals surface area contributed by atoms with Gasteiger partial charge in [-0.15, -0.1) is 17.9 Å². The van der Waals surface area contributed by atoms with Gasteiger partial charge >= 0.3 is 0 Å². The van der Waals surface area contributed by atoms with Gasteiger partial charge in [-0.2, -0.15) is 4.31 Å². The summed E-state index contributed by atoms with van der Waals surface area (Å²) in [6.07, 6.45) is 1.39. The van der Waals surface area contributed by atoms with Gasteiger partial charge in [0.05, 0.1) is 22.9 Å². The molecule has 36 heavy (non-hydrogen) atoms. The topological polar surface area (TPSA) is 119 Å². The van der Waals surface area contributed by atoms with Gasteiger partial charge in [-0.25, -0.2) is 8.42 Å². The summed E-state index contributed by atoms with van der Waals surface area (Å²) in [5, 5.41) is 12.8. The zero-order valence-corrected chi connectivity index (χ0v) is 20.7. The van der Waals surface area contributed by atoms with Crippen molar-refractivity contribution in [1.29, 1.82) is 0 Å². The zero-order valence-electron chi connectivity index (χ0n) is 19.1. The van der Waals surface area contributed by atoms with Crippen molar-refractivity contribution in [3.05, 3.63) is 93.2 Å². The van der Waals surface area contributed by atoms with E-state index in [-0.39, 0.29) is 30.5 Å². The molecule has 0 aliphatic carbocycles. The van der Waals surface area contributed by atoms with Gasteiger partial charge in [0.15, 0.2) is 11.5 Å². The molecule has 0 saturated heterocycles. The molecule has 1 aliphatic heterocycles. The van der Waals surface area contributed by atoms with Crippen LogP contribution in [0.2, 0.25) is 0 Å². The predicted molar refractivity (Wildman–Crippen MR) is 133 cm³/mol. The molecule has 0 fully saturated rings. The highest BCUT2D eigenvalue weighted by Crippen LogP contribution is 2.33. The van der Waals surface area contributed by atoms with Crippen LogP contribution in [0.4, 0.5) is 5.69 Å². The summed E-state index contributed by atoms with van der Waals surface area (Å²) < 4.78 is 38.3. The Bertz CT molecular complexity index is 1360. The third-order valence-corrected chi connectivity index (χ3v) is 8.11. The van der Waals surface area contributed by atoms with E-state index in [2.05, 4.69) is 6.58 Å². The number of non-ortho nitro benzene ring substituents is 1. The minimum absolute atomic E-state index is 0.109. The van der Waals surface area contributed by atoms with Gasteiger partial charge in [0.2, 0.25) is 22.7 Å². The van der Waals surface area contributed by atoms with Crippen LogP contribution in [-0.2, 0) is 27.9 Å². The highest BCUT2D eigenvalue weighted by Gasteiger charge is 2.29. The number of nitrogens with zero attached hydrogens (tertiary/aromatic N) is 3. The van der Waals surface area contributed by atoms with Gasteiger partial charge in [-0.05, 0) is 41.3 Å². The molecule has 188 valence electrons. The number of thiophene rings is 1. The van der Waals surface area contributed by atoms with Crippen LogP contribution in [0.1, 0.15) is 10.4 Å². The number of carbonyl (C=O) groups excluding carboxylic acids is 1. The van der Waals surface area contributed by atoms with Crippen LogP contribution < -0.4 is 9.47 Å². The van der Waals surface area contributed by atoms with Crippen molar-refractivity contribution in [3.63, 3.8) is 0 Å². The Morgan fingerprint density at radius 2 is 1.86 bits per heavy atom. The van der Waals surface area contributed by atoms with E-state index >= 15 is 0 Å². The van der Waals surface area contributed by atoms with Crippen molar-refractivity contribution >= 4 is 33.0 Å². The number of benzene rings is 2. The molecule has 2 heterocycles. The van der Waals surface area contributed by atoms with Gasteiger partial charge in [-0.1, -0.05) is 18.2 Å². The lowest BCUT2D eigenvalue weighted by atomic mass is 10.2. The van der Waals surface area contributed by atoms with Crippen LogP contribution in [0.3, 0.4) is 0 Å². The van der Waals surface area contributed by atoms with Gasteiger partial charge in [0.25, 0.3) is 5.69 Å². The first-order chi connectivity index (χ1) is 17.3. The van der Waals surface area contributed by atoms with Crippen LogP contribution in [0.5, 0.6) is 11.5 Å². The third kappa shape index (κ3) is 5.73. The summed E-state index contributed by atoms with van der Waals surface area (Å²) in [5.41, 5.74) is 0.573. The summed E-state index contributed by atoms with van der Waals surface area (Å²) in [6.45, 7) is 3.73. The molecular formula is C24H23N3O7S2. The number of fused-ring (bicyclic) bond motifs is 1.